The van der Waals surface area contributed by atoms with Gasteiger partial charge in [-0.25, -0.2) is 0 Å². The monoisotopic (exact) mass is 301 g/mol. The van der Waals surface area contributed by atoms with Crippen LogP contribution in [-0.2, 0) is 4.79 Å². The molecule has 0 saturated heterocycles. The molecule has 0 aromatic heterocycles. The zero-order chi connectivity index (χ0) is 12.5. The molecule has 0 aliphatic carbocycles. The van der Waals surface area contributed by atoms with E-state index in [1.54, 1.807) is 0 Å². The first kappa shape index (κ1) is 14.0. The molecule has 0 saturated carbocycles. The Morgan fingerprint density at radius 1 is 1.41 bits per heavy atom. The second-order valence-corrected chi connectivity index (χ2v) is 4.47. The van der Waals surface area contributed by atoms with Crippen LogP contribution in [0.1, 0.15) is 12.8 Å². The lowest BCUT2D eigenvalue weighted by Gasteiger charge is -2.07. The topological polar surface area (TPSA) is 58.6 Å². The third-order valence-corrected chi connectivity index (χ3v) is 2.58. The first-order valence-electron chi connectivity index (χ1n) is 5.49. The van der Waals surface area contributed by atoms with E-state index in [4.69, 9.17) is 9.84 Å². The number of ether oxygens (including phenoxy) is 1. The van der Waals surface area contributed by atoms with Gasteiger partial charge < -0.3 is 15.2 Å². The zero-order valence-electron chi connectivity index (χ0n) is 9.49. The number of carbonyl (C=O) groups is 1. The van der Waals surface area contributed by atoms with Crippen molar-refractivity contribution in [2.24, 2.45) is 0 Å². The number of hydrogen-bond donors (Lipinski definition) is 2. The van der Waals surface area contributed by atoms with Crippen molar-refractivity contribution in [1.29, 1.82) is 0 Å². The fraction of sp³-hybridized carbons (Fsp3) is 0.417. The van der Waals surface area contributed by atoms with E-state index in [9.17, 15) is 4.79 Å². The maximum atomic E-state index is 10.2. The molecule has 0 heterocycles. The summed E-state index contributed by atoms with van der Waals surface area (Å²) in [5.41, 5.74) is 0. The van der Waals surface area contributed by atoms with E-state index >= 15 is 0 Å². The summed E-state index contributed by atoms with van der Waals surface area (Å²) in [6, 6.07) is 7.66. The summed E-state index contributed by atoms with van der Waals surface area (Å²) in [5, 5.41) is 11.6. The van der Waals surface area contributed by atoms with Crippen LogP contribution < -0.4 is 10.1 Å². The lowest BCUT2D eigenvalue weighted by Crippen LogP contribution is -2.22. The molecule has 0 amide bonds. The molecule has 0 fully saturated rings. The van der Waals surface area contributed by atoms with Crippen LogP contribution in [-0.4, -0.2) is 30.8 Å². The van der Waals surface area contributed by atoms with Gasteiger partial charge in [0.15, 0.2) is 0 Å². The summed E-state index contributed by atoms with van der Waals surface area (Å²) in [6.45, 7) is 1.99. The second-order valence-electron chi connectivity index (χ2n) is 3.55. The highest BCUT2D eigenvalue weighted by Crippen LogP contribution is 2.17. The summed E-state index contributed by atoms with van der Waals surface area (Å²) < 4.78 is 6.50. The molecular formula is C12H16BrNO3. The van der Waals surface area contributed by atoms with Crippen molar-refractivity contribution in [2.75, 3.05) is 19.7 Å². The van der Waals surface area contributed by atoms with Gasteiger partial charge in [0.05, 0.1) is 0 Å². The van der Waals surface area contributed by atoms with Gasteiger partial charge in [-0.1, -0.05) is 22.0 Å². The highest BCUT2D eigenvalue weighted by Gasteiger charge is 1.96. The highest BCUT2D eigenvalue weighted by molar-refractivity contribution is 9.10. The number of nitrogens with one attached hydrogen (secondary N) is 1. The number of carboxylic acid groups (broad SMARTS) is 1. The number of rotatable bonds is 8. The molecule has 5 heteroatoms. The molecule has 0 bridgehead atoms. The minimum Gasteiger partial charge on any atom is -0.492 e. The molecule has 1 aromatic rings. The summed E-state index contributed by atoms with van der Waals surface area (Å²) >= 11 is 3.37. The Hall–Kier alpha value is -1.07. The molecule has 0 spiro atoms. The van der Waals surface area contributed by atoms with Crippen LogP contribution in [0.2, 0.25) is 0 Å². The summed E-state index contributed by atoms with van der Waals surface area (Å²) in [6.07, 6.45) is 0.853. The van der Waals surface area contributed by atoms with Crippen molar-refractivity contribution in [2.45, 2.75) is 12.8 Å². The minimum absolute atomic E-state index is 0.208. The van der Waals surface area contributed by atoms with Gasteiger partial charge in [0.25, 0.3) is 0 Å². The van der Waals surface area contributed by atoms with Crippen LogP contribution in [0.25, 0.3) is 0 Å². The van der Waals surface area contributed by atoms with Crippen molar-refractivity contribution in [3.8, 4) is 5.75 Å². The van der Waals surface area contributed by atoms with Crippen molar-refractivity contribution >= 4 is 21.9 Å². The van der Waals surface area contributed by atoms with Crippen LogP contribution in [0.4, 0.5) is 0 Å². The lowest BCUT2D eigenvalue weighted by molar-refractivity contribution is -0.137. The zero-order valence-corrected chi connectivity index (χ0v) is 11.1. The molecule has 1 rings (SSSR count). The van der Waals surface area contributed by atoms with Gasteiger partial charge in [-0.15, -0.1) is 0 Å². The first-order chi connectivity index (χ1) is 8.18. The Morgan fingerprint density at radius 2 is 2.24 bits per heavy atom. The molecule has 0 unspecified atom stereocenters. The molecule has 94 valence electrons. The van der Waals surface area contributed by atoms with Crippen molar-refractivity contribution in [3.05, 3.63) is 28.7 Å². The third kappa shape index (κ3) is 6.97. The molecule has 1 aromatic carbocycles. The molecule has 2 N–H and O–H groups in total. The van der Waals surface area contributed by atoms with Crippen LogP contribution >= 0.6 is 15.9 Å². The van der Waals surface area contributed by atoms with Gasteiger partial charge in [-0.3, -0.25) is 4.79 Å². The van der Waals surface area contributed by atoms with Crippen LogP contribution in [0, 0.1) is 0 Å². The fourth-order valence-electron chi connectivity index (χ4n) is 1.29. The third-order valence-electron chi connectivity index (χ3n) is 2.09. The summed E-state index contributed by atoms with van der Waals surface area (Å²) in [5.74, 6) is 0.0731. The Kier molecular flexibility index (Phi) is 6.65. The SMILES string of the molecule is O=C(O)CCCNCCOc1cccc(Br)c1. The second kappa shape index (κ2) is 8.08. The fourth-order valence-corrected chi connectivity index (χ4v) is 1.67. The quantitative estimate of drug-likeness (QED) is 0.723. The minimum atomic E-state index is -0.753. The maximum Gasteiger partial charge on any atom is 0.303 e. The van der Waals surface area contributed by atoms with E-state index in [1.807, 2.05) is 24.3 Å². The largest absolute Gasteiger partial charge is 0.492 e. The Balaban J connectivity index is 2.03. The van der Waals surface area contributed by atoms with E-state index in [0.29, 0.717) is 26.1 Å². The van der Waals surface area contributed by atoms with Crippen LogP contribution in [0.5, 0.6) is 5.75 Å². The Bertz CT molecular complexity index is 357. The number of hydrogen-bond acceptors (Lipinski definition) is 3. The standard InChI is InChI=1S/C12H16BrNO3/c13-10-3-1-4-11(9-10)17-8-7-14-6-2-5-12(15)16/h1,3-4,9,14H,2,5-8H2,(H,15,16). The molecule has 17 heavy (non-hydrogen) atoms. The normalized spacial score (nSPS) is 10.2. The highest BCUT2D eigenvalue weighted by atomic mass is 79.9. The Labute approximate surface area is 109 Å². The maximum absolute atomic E-state index is 10.2. The van der Waals surface area contributed by atoms with Crippen LogP contribution in [0.15, 0.2) is 28.7 Å². The first-order valence-corrected chi connectivity index (χ1v) is 6.28. The van der Waals surface area contributed by atoms with Gasteiger partial charge in [-0.2, -0.15) is 0 Å². The average molecular weight is 302 g/mol. The molecule has 0 atom stereocenters. The smallest absolute Gasteiger partial charge is 0.303 e. The number of carboxylic acids is 1. The number of aliphatic carboxylic acids is 1. The molecule has 0 aliphatic heterocycles. The van der Waals surface area contributed by atoms with Crippen LogP contribution in [0.3, 0.4) is 0 Å². The van der Waals surface area contributed by atoms with Gasteiger partial charge in [-0.05, 0) is 31.2 Å². The predicted molar refractivity (Wildman–Crippen MR) is 69.4 cm³/mol. The van der Waals surface area contributed by atoms with Crippen molar-refractivity contribution in [3.63, 3.8) is 0 Å². The van der Waals surface area contributed by atoms with Crippen molar-refractivity contribution in [1.82, 2.24) is 5.32 Å². The molecule has 0 aliphatic rings. The van der Waals surface area contributed by atoms with Gasteiger partial charge in [0, 0.05) is 17.4 Å². The Morgan fingerprint density at radius 3 is 2.94 bits per heavy atom. The molecular weight excluding hydrogens is 286 g/mol. The van der Waals surface area contributed by atoms with E-state index in [-0.39, 0.29) is 6.42 Å². The van der Waals surface area contributed by atoms with E-state index in [0.717, 1.165) is 10.2 Å². The van der Waals surface area contributed by atoms with E-state index in [2.05, 4.69) is 21.2 Å². The van der Waals surface area contributed by atoms with Gasteiger partial charge in [0.2, 0.25) is 0 Å². The van der Waals surface area contributed by atoms with Crippen molar-refractivity contribution < 1.29 is 14.6 Å². The van der Waals surface area contributed by atoms with E-state index < -0.39 is 5.97 Å². The summed E-state index contributed by atoms with van der Waals surface area (Å²) in [4.78, 5) is 10.2. The number of halogens is 1. The number of benzene rings is 1. The molecule has 4 nitrogen and oxygen atoms in total. The predicted octanol–water partition coefficient (Wildman–Crippen LogP) is 2.28. The van der Waals surface area contributed by atoms with E-state index in [1.165, 1.54) is 0 Å². The van der Waals surface area contributed by atoms with Gasteiger partial charge >= 0.3 is 5.97 Å². The lowest BCUT2D eigenvalue weighted by atomic mass is 10.3. The summed E-state index contributed by atoms with van der Waals surface area (Å²) in [7, 11) is 0. The molecule has 0 radical (unpaired) electrons. The average Bonchev–Trinajstić information content (AvgIpc) is 2.27. The van der Waals surface area contributed by atoms with Gasteiger partial charge in [0.1, 0.15) is 12.4 Å².